The van der Waals surface area contributed by atoms with Gasteiger partial charge in [-0.25, -0.2) is 0 Å². The van der Waals surface area contributed by atoms with Crippen molar-refractivity contribution >= 4 is 5.69 Å². The Balaban J connectivity index is 1.99. The average molecular weight is 267 g/mol. The first kappa shape index (κ1) is 14.2. The molecule has 0 saturated carbocycles. The van der Waals surface area contributed by atoms with Crippen molar-refractivity contribution in [2.24, 2.45) is 0 Å². The lowest BCUT2D eigenvalue weighted by atomic mass is 10.2. The van der Waals surface area contributed by atoms with Gasteiger partial charge in [-0.1, -0.05) is 25.8 Å². The Bertz CT molecular complexity index is 588. The van der Waals surface area contributed by atoms with Crippen molar-refractivity contribution < 1.29 is 0 Å². The van der Waals surface area contributed by atoms with E-state index >= 15 is 0 Å². The highest BCUT2D eigenvalue weighted by Gasteiger charge is 2.07. The number of rotatable bonds is 6. The maximum absolute atomic E-state index is 5.40. The van der Waals surface area contributed by atoms with Crippen LogP contribution in [0.25, 0.3) is 0 Å². The zero-order valence-electron chi connectivity index (χ0n) is 12.1. The third-order valence-electron chi connectivity index (χ3n) is 3.48. The Kier molecular flexibility index (Phi) is 4.84. The van der Waals surface area contributed by atoms with Gasteiger partial charge < -0.3 is 5.32 Å². The predicted octanol–water partition coefficient (Wildman–Crippen LogP) is 3.84. The first-order valence-corrected chi connectivity index (χ1v) is 7.11. The maximum Gasteiger partial charge on any atom is 0.0815 e. The van der Waals surface area contributed by atoms with Crippen LogP contribution in [0.4, 0.5) is 5.69 Å². The third kappa shape index (κ3) is 3.42. The van der Waals surface area contributed by atoms with E-state index in [0.717, 1.165) is 29.8 Å². The number of hydrogen-bond acceptors (Lipinski definition) is 2. The number of nitrogens with one attached hydrogen (secondary N) is 1. The summed E-state index contributed by atoms with van der Waals surface area (Å²) >= 11 is 0. The molecule has 20 heavy (non-hydrogen) atoms. The summed E-state index contributed by atoms with van der Waals surface area (Å²) in [4.78, 5) is 0. The summed E-state index contributed by atoms with van der Waals surface area (Å²) in [6, 6.07) is 10.4. The fourth-order valence-corrected chi connectivity index (χ4v) is 2.25. The van der Waals surface area contributed by atoms with Crippen LogP contribution in [0.2, 0.25) is 0 Å². The lowest BCUT2D eigenvalue weighted by molar-refractivity contribution is 0.426. The molecule has 1 N–H and O–H groups in total. The molecule has 0 spiro atoms. The summed E-state index contributed by atoms with van der Waals surface area (Å²) in [6.45, 7) is 5.10. The Hall–Kier alpha value is -2.21. The second-order valence-corrected chi connectivity index (χ2v) is 4.84. The Morgan fingerprint density at radius 3 is 2.80 bits per heavy atom. The van der Waals surface area contributed by atoms with Gasteiger partial charge in [-0.15, -0.1) is 6.42 Å². The number of nitrogens with zero attached hydrogens (tertiary/aromatic N) is 2. The van der Waals surface area contributed by atoms with E-state index < -0.39 is 0 Å². The molecule has 0 atom stereocenters. The molecule has 0 saturated heterocycles. The number of hydrogen-bond donors (Lipinski definition) is 1. The second-order valence-electron chi connectivity index (χ2n) is 4.84. The molecule has 1 aromatic heterocycles. The summed E-state index contributed by atoms with van der Waals surface area (Å²) in [5, 5.41) is 7.98. The summed E-state index contributed by atoms with van der Waals surface area (Å²) < 4.78 is 2.06. The molecule has 0 amide bonds. The Morgan fingerprint density at radius 2 is 2.10 bits per heavy atom. The number of anilines is 1. The van der Waals surface area contributed by atoms with Gasteiger partial charge in [-0.3, -0.25) is 4.68 Å². The lowest BCUT2D eigenvalue weighted by Crippen LogP contribution is -2.09. The van der Waals surface area contributed by atoms with Crippen molar-refractivity contribution in [3.63, 3.8) is 0 Å². The van der Waals surface area contributed by atoms with Crippen LogP contribution in [0.15, 0.2) is 36.5 Å². The van der Waals surface area contributed by atoms with Gasteiger partial charge in [-0.05, 0) is 37.1 Å². The van der Waals surface area contributed by atoms with Crippen molar-refractivity contribution in [3.8, 4) is 12.3 Å². The van der Waals surface area contributed by atoms with E-state index in [-0.39, 0.29) is 0 Å². The van der Waals surface area contributed by atoms with Crippen molar-refractivity contribution in [2.75, 3.05) is 5.32 Å². The van der Waals surface area contributed by atoms with Gasteiger partial charge in [0.15, 0.2) is 0 Å². The quantitative estimate of drug-likeness (QED) is 0.806. The van der Waals surface area contributed by atoms with Gasteiger partial charge in [0.25, 0.3) is 0 Å². The molecule has 0 bridgehead atoms. The van der Waals surface area contributed by atoms with E-state index in [0.29, 0.717) is 12.6 Å². The minimum atomic E-state index is 0.494. The average Bonchev–Trinajstić information content (AvgIpc) is 2.95. The van der Waals surface area contributed by atoms with Crippen molar-refractivity contribution in [2.45, 2.75) is 39.3 Å². The largest absolute Gasteiger partial charge is 0.379 e. The van der Waals surface area contributed by atoms with Crippen LogP contribution in [-0.2, 0) is 6.54 Å². The molecule has 0 aliphatic heterocycles. The molecule has 0 radical (unpaired) electrons. The number of terminal acetylenes is 1. The lowest BCUT2D eigenvalue weighted by Gasteiger charge is -2.12. The van der Waals surface area contributed by atoms with Crippen molar-refractivity contribution in [1.82, 2.24) is 9.78 Å². The van der Waals surface area contributed by atoms with E-state index in [1.54, 1.807) is 0 Å². The molecule has 0 fully saturated rings. The molecule has 0 aliphatic carbocycles. The van der Waals surface area contributed by atoms with Crippen LogP contribution in [0, 0.1) is 12.3 Å². The van der Waals surface area contributed by atoms with E-state index in [9.17, 15) is 0 Å². The summed E-state index contributed by atoms with van der Waals surface area (Å²) in [6.07, 6.45) is 9.67. The molecule has 2 aromatic rings. The molecule has 104 valence electrons. The maximum atomic E-state index is 5.40. The molecule has 3 nitrogen and oxygen atoms in total. The van der Waals surface area contributed by atoms with Crippen molar-refractivity contribution in [3.05, 3.63) is 47.8 Å². The molecule has 3 heteroatoms. The highest BCUT2D eigenvalue weighted by atomic mass is 15.3. The first-order valence-electron chi connectivity index (χ1n) is 7.11. The van der Waals surface area contributed by atoms with Gasteiger partial charge >= 0.3 is 0 Å². The molecule has 1 aromatic carbocycles. The van der Waals surface area contributed by atoms with Crippen LogP contribution in [0.1, 0.15) is 44.0 Å². The van der Waals surface area contributed by atoms with Gasteiger partial charge in [0.1, 0.15) is 0 Å². The van der Waals surface area contributed by atoms with Gasteiger partial charge in [0.2, 0.25) is 0 Å². The summed E-state index contributed by atoms with van der Waals surface area (Å²) in [5.74, 6) is 2.64. The highest BCUT2D eigenvalue weighted by molar-refractivity contribution is 5.50. The smallest absolute Gasteiger partial charge is 0.0815 e. The molecule has 1 heterocycles. The molecular weight excluding hydrogens is 246 g/mol. The minimum Gasteiger partial charge on any atom is -0.379 e. The van der Waals surface area contributed by atoms with Crippen LogP contribution >= 0.6 is 0 Å². The van der Waals surface area contributed by atoms with Crippen LogP contribution in [-0.4, -0.2) is 9.78 Å². The minimum absolute atomic E-state index is 0.494. The van der Waals surface area contributed by atoms with E-state index in [4.69, 9.17) is 6.42 Å². The zero-order valence-corrected chi connectivity index (χ0v) is 12.1. The monoisotopic (exact) mass is 267 g/mol. The standard InChI is InChI=1S/C17H21N3/c1-4-14-8-7-9-15(12-14)18-13-16-10-11-20(19-16)17(5-2)6-3/h1,7-12,17-18H,5-6,13H2,2-3H3. The Morgan fingerprint density at radius 1 is 1.30 bits per heavy atom. The van der Waals surface area contributed by atoms with Gasteiger partial charge in [0, 0.05) is 17.4 Å². The number of aromatic nitrogens is 2. The Labute approximate surface area is 121 Å². The summed E-state index contributed by atoms with van der Waals surface area (Å²) in [5.41, 5.74) is 2.96. The van der Waals surface area contributed by atoms with Crippen LogP contribution in [0.5, 0.6) is 0 Å². The highest BCUT2D eigenvalue weighted by Crippen LogP contribution is 2.15. The molecular formula is C17H21N3. The van der Waals surface area contributed by atoms with Crippen LogP contribution < -0.4 is 5.32 Å². The zero-order chi connectivity index (χ0) is 14.4. The number of benzene rings is 1. The summed E-state index contributed by atoms with van der Waals surface area (Å²) in [7, 11) is 0. The van der Waals surface area contributed by atoms with Gasteiger partial charge in [-0.2, -0.15) is 5.10 Å². The normalized spacial score (nSPS) is 10.5. The molecule has 0 aliphatic rings. The van der Waals surface area contributed by atoms with Gasteiger partial charge in [0.05, 0.1) is 18.3 Å². The van der Waals surface area contributed by atoms with Crippen LogP contribution in [0.3, 0.4) is 0 Å². The van der Waals surface area contributed by atoms with Crippen molar-refractivity contribution in [1.29, 1.82) is 0 Å². The first-order chi connectivity index (χ1) is 9.76. The second kappa shape index (κ2) is 6.81. The molecule has 2 rings (SSSR count). The fraction of sp³-hybridized carbons (Fsp3) is 0.353. The molecule has 0 unspecified atom stereocenters. The topological polar surface area (TPSA) is 29.9 Å². The van der Waals surface area contributed by atoms with E-state index in [1.165, 1.54) is 0 Å². The SMILES string of the molecule is C#Cc1cccc(NCc2ccn(C(CC)CC)n2)c1. The van der Waals surface area contributed by atoms with E-state index in [1.807, 2.05) is 24.3 Å². The fourth-order valence-electron chi connectivity index (χ4n) is 2.25. The predicted molar refractivity (Wildman–Crippen MR) is 83.5 cm³/mol. The third-order valence-corrected chi connectivity index (χ3v) is 3.48. The van der Waals surface area contributed by atoms with E-state index in [2.05, 4.69) is 47.1 Å².